The van der Waals surface area contributed by atoms with Crippen LogP contribution in [0.1, 0.15) is 31.0 Å². The number of benzene rings is 1. The van der Waals surface area contributed by atoms with E-state index in [1.54, 1.807) is 0 Å². The van der Waals surface area contributed by atoms with E-state index in [1.165, 1.54) is 12.1 Å². The Morgan fingerprint density at radius 3 is 2.89 bits per heavy atom. The molecule has 2 aromatic rings. The van der Waals surface area contributed by atoms with Gasteiger partial charge in [0.05, 0.1) is 12.7 Å². The first kappa shape index (κ1) is 14.2. The summed E-state index contributed by atoms with van der Waals surface area (Å²) in [5, 5.41) is 7.65. The average molecular weight is 326 g/mol. The van der Waals surface area contributed by atoms with Gasteiger partial charge >= 0.3 is 0 Å². The molecule has 0 aliphatic heterocycles. The van der Waals surface area contributed by atoms with Gasteiger partial charge in [-0.15, -0.1) is 0 Å². The maximum Gasteiger partial charge on any atom is 0.124 e. The fraction of sp³-hybridized carbons (Fsp3) is 0.357. The van der Waals surface area contributed by atoms with Crippen LogP contribution in [0.25, 0.3) is 0 Å². The summed E-state index contributed by atoms with van der Waals surface area (Å²) >= 11 is 3.30. The summed E-state index contributed by atoms with van der Waals surface area (Å²) < 4.78 is 15.9. The lowest BCUT2D eigenvalue weighted by atomic mass is 10.2. The van der Waals surface area contributed by atoms with Crippen molar-refractivity contribution < 1.29 is 4.39 Å². The molecule has 1 aromatic heterocycles. The number of halogens is 2. The smallest absolute Gasteiger partial charge is 0.124 e. The van der Waals surface area contributed by atoms with Gasteiger partial charge < -0.3 is 5.32 Å². The highest BCUT2D eigenvalue weighted by molar-refractivity contribution is 9.10. The predicted octanol–water partition coefficient (Wildman–Crippen LogP) is 3.50. The van der Waals surface area contributed by atoms with E-state index >= 15 is 0 Å². The maximum atomic E-state index is 13.3. The van der Waals surface area contributed by atoms with Crippen LogP contribution in [0.4, 0.5) is 4.39 Å². The van der Waals surface area contributed by atoms with Crippen LogP contribution in [0, 0.1) is 5.82 Å². The standard InChI is InChI=1S/C14H17BrFN3/c1-3-17-10(2)12-7-18-19(9-12)8-11-4-13(15)6-14(16)5-11/h4-7,9-10,17H,3,8H2,1-2H3. The second-order valence-corrected chi connectivity index (χ2v) is 5.44. The quantitative estimate of drug-likeness (QED) is 0.911. The molecule has 3 nitrogen and oxygen atoms in total. The Morgan fingerprint density at radius 1 is 1.42 bits per heavy atom. The number of nitrogens with zero attached hydrogens (tertiary/aromatic N) is 2. The molecule has 1 unspecified atom stereocenters. The van der Waals surface area contributed by atoms with Gasteiger partial charge in [0.15, 0.2) is 0 Å². The molecular formula is C14H17BrFN3. The van der Waals surface area contributed by atoms with Crippen LogP contribution in [-0.4, -0.2) is 16.3 Å². The Kier molecular flexibility index (Phi) is 4.71. The number of hydrogen-bond donors (Lipinski definition) is 1. The van der Waals surface area contributed by atoms with Crippen molar-refractivity contribution in [1.29, 1.82) is 0 Å². The van der Waals surface area contributed by atoms with Gasteiger partial charge in [-0.25, -0.2) is 4.39 Å². The topological polar surface area (TPSA) is 29.9 Å². The lowest BCUT2D eigenvalue weighted by molar-refractivity contribution is 0.595. The molecule has 102 valence electrons. The molecule has 1 aromatic carbocycles. The van der Waals surface area contributed by atoms with Crippen LogP contribution < -0.4 is 5.32 Å². The summed E-state index contributed by atoms with van der Waals surface area (Å²) in [4.78, 5) is 0. The van der Waals surface area contributed by atoms with Crippen LogP contribution >= 0.6 is 15.9 Å². The fourth-order valence-corrected chi connectivity index (χ4v) is 2.52. The van der Waals surface area contributed by atoms with Crippen molar-refractivity contribution in [1.82, 2.24) is 15.1 Å². The summed E-state index contributed by atoms with van der Waals surface area (Å²) in [5.41, 5.74) is 2.02. The molecule has 0 radical (unpaired) electrons. The summed E-state index contributed by atoms with van der Waals surface area (Å²) in [7, 11) is 0. The van der Waals surface area contributed by atoms with Crippen molar-refractivity contribution in [3.63, 3.8) is 0 Å². The van der Waals surface area contributed by atoms with Crippen LogP contribution in [0.3, 0.4) is 0 Å². The van der Waals surface area contributed by atoms with E-state index in [1.807, 2.05) is 23.1 Å². The van der Waals surface area contributed by atoms with Crippen molar-refractivity contribution in [2.75, 3.05) is 6.54 Å². The largest absolute Gasteiger partial charge is 0.310 e. The van der Waals surface area contributed by atoms with Gasteiger partial charge in [0, 0.05) is 22.3 Å². The van der Waals surface area contributed by atoms with Crippen molar-refractivity contribution in [2.24, 2.45) is 0 Å². The molecule has 1 N–H and O–H groups in total. The monoisotopic (exact) mass is 325 g/mol. The van der Waals surface area contributed by atoms with Crippen molar-refractivity contribution in [2.45, 2.75) is 26.4 Å². The zero-order valence-electron chi connectivity index (χ0n) is 11.0. The van der Waals surface area contributed by atoms with E-state index in [-0.39, 0.29) is 11.9 Å². The van der Waals surface area contributed by atoms with E-state index in [2.05, 4.69) is 40.2 Å². The van der Waals surface area contributed by atoms with Gasteiger partial charge in [0.25, 0.3) is 0 Å². The number of hydrogen-bond acceptors (Lipinski definition) is 2. The molecule has 0 bridgehead atoms. The van der Waals surface area contributed by atoms with Crippen molar-refractivity contribution >= 4 is 15.9 Å². The number of nitrogens with one attached hydrogen (secondary N) is 1. The fourth-order valence-electron chi connectivity index (χ4n) is 2.00. The van der Waals surface area contributed by atoms with E-state index in [4.69, 9.17) is 0 Å². The number of aromatic nitrogens is 2. The minimum Gasteiger partial charge on any atom is -0.310 e. The van der Waals surface area contributed by atoms with Gasteiger partial charge in [-0.1, -0.05) is 22.9 Å². The molecule has 0 saturated heterocycles. The molecule has 5 heteroatoms. The second kappa shape index (κ2) is 6.30. The predicted molar refractivity (Wildman–Crippen MR) is 77.5 cm³/mol. The van der Waals surface area contributed by atoms with E-state index in [9.17, 15) is 4.39 Å². The third-order valence-electron chi connectivity index (χ3n) is 2.93. The first-order valence-corrected chi connectivity index (χ1v) is 7.08. The Labute approximate surface area is 121 Å². The van der Waals surface area contributed by atoms with Crippen molar-refractivity contribution in [3.05, 3.63) is 52.0 Å². The lowest BCUT2D eigenvalue weighted by Crippen LogP contribution is -2.17. The van der Waals surface area contributed by atoms with Gasteiger partial charge in [-0.2, -0.15) is 5.10 Å². The van der Waals surface area contributed by atoms with E-state index in [0.29, 0.717) is 6.54 Å². The second-order valence-electron chi connectivity index (χ2n) is 4.53. The first-order chi connectivity index (χ1) is 9.08. The molecule has 0 fully saturated rings. The molecule has 1 heterocycles. The Bertz CT molecular complexity index is 533. The molecule has 0 aliphatic rings. The summed E-state index contributed by atoms with van der Waals surface area (Å²) in [6.07, 6.45) is 3.84. The highest BCUT2D eigenvalue weighted by Crippen LogP contribution is 2.17. The molecular weight excluding hydrogens is 309 g/mol. The van der Waals surface area contributed by atoms with Gasteiger partial charge in [-0.3, -0.25) is 4.68 Å². The minimum atomic E-state index is -0.238. The first-order valence-electron chi connectivity index (χ1n) is 6.29. The van der Waals surface area contributed by atoms with Crippen LogP contribution in [-0.2, 0) is 6.54 Å². The molecule has 0 aliphatic carbocycles. The normalized spacial score (nSPS) is 12.6. The van der Waals surface area contributed by atoms with Crippen LogP contribution in [0.15, 0.2) is 35.1 Å². The lowest BCUT2D eigenvalue weighted by Gasteiger charge is -2.09. The summed E-state index contributed by atoms with van der Waals surface area (Å²) in [5.74, 6) is -0.238. The van der Waals surface area contributed by atoms with Crippen molar-refractivity contribution in [3.8, 4) is 0 Å². The Balaban J connectivity index is 2.11. The summed E-state index contributed by atoms with van der Waals surface area (Å²) in [6.45, 7) is 5.66. The van der Waals surface area contributed by atoms with E-state index < -0.39 is 0 Å². The molecule has 0 saturated carbocycles. The zero-order chi connectivity index (χ0) is 13.8. The number of rotatable bonds is 5. The highest BCUT2D eigenvalue weighted by Gasteiger charge is 2.07. The zero-order valence-corrected chi connectivity index (χ0v) is 12.6. The molecule has 0 amide bonds. The molecule has 0 spiro atoms. The maximum absolute atomic E-state index is 13.3. The molecule has 19 heavy (non-hydrogen) atoms. The third-order valence-corrected chi connectivity index (χ3v) is 3.39. The average Bonchev–Trinajstić information content (AvgIpc) is 2.76. The Hall–Kier alpha value is -1.20. The minimum absolute atomic E-state index is 0.238. The van der Waals surface area contributed by atoms with Gasteiger partial charge in [0.2, 0.25) is 0 Å². The highest BCUT2D eigenvalue weighted by atomic mass is 79.9. The van der Waals surface area contributed by atoms with Gasteiger partial charge in [-0.05, 0) is 37.2 Å². The Morgan fingerprint density at radius 2 is 2.21 bits per heavy atom. The van der Waals surface area contributed by atoms with Crippen LogP contribution in [0.5, 0.6) is 0 Å². The van der Waals surface area contributed by atoms with Gasteiger partial charge in [0.1, 0.15) is 5.82 Å². The van der Waals surface area contributed by atoms with E-state index in [0.717, 1.165) is 22.1 Å². The SMILES string of the molecule is CCNC(C)c1cnn(Cc2cc(F)cc(Br)c2)c1. The molecule has 2 rings (SSSR count). The molecule has 1 atom stereocenters. The summed E-state index contributed by atoms with van der Waals surface area (Å²) in [6, 6.07) is 5.15. The third kappa shape index (κ3) is 3.88. The van der Waals surface area contributed by atoms with Crippen LogP contribution in [0.2, 0.25) is 0 Å².